The van der Waals surface area contributed by atoms with Crippen LogP contribution in [0.2, 0.25) is 0 Å². The van der Waals surface area contributed by atoms with Gasteiger partial charge in [-0.1, -0.05) is 19.9 Å². The van der Waals surface area contributed by atoms with Gasteiger partial charge >= 0.3 is 0 Å². The minimum Gasteiger partial charge on any atom is -0.386 e. The molecule has 7 heteroatoms. The van der Waals surface area contributed by atoms with Crippen LogP contribution in [0.5, 0.6) is 0 Å². The Morgan fingerprint density at radius 1 is 1.33 bits per heavy atom. The van der Waals surface area contributed by atoms with Gasteiger partial charge in [0.05, 0.1) is 5.56 Å². The molecule has 2 aromatic rings. The maximum atomic E-state index is 13.6. The molecule has 1 aromatic heterocycles. The zero-order chi connectivity index (χ0) is 17.7. The molecule has 0 saturated heterocycles. The van der Waals surface area contributed by atoms with E-state index in [4.69, 9.17) is 0 Å². The molecule has 0 aliphatic heterocycles. The number of nitrogens with one attached hydrogen (secondary N) is 1. The first-order valence-electron chi connectivity index (χ1n) is 7.79. The summed E-state index contributed by atoms with van der Waals surface area (Å²) in [5, 5.41) is 12.4. The number of nitrogens with zero attached hydrogens (tertiary/aromatic N) is 2. The Bertz CT molecular complexity index is 681. The van der Waals surface area contributed by atoms with Crippen molar-refractivity contribution in [2.24, 2.45) is 0 Å². The largest absolute Gasteiger partial charge is 0.386 e. The molecule has 24 heavy (non-hydrogen) atoms. The van der Waals surface area contributed by atoms with E-state index in [0.717, 1.165) is 18.0 Å². The Balaban J connectivity index is 1.86. The highest BCUT2D eigenvalue weighted by Crippen LogP contribution is 2.20. The summed E-state index contributed by atoms with van der Waals surface area (Å²) >= 11 is 0. The van der Waals surface area contributed by atoms with Crippen molar-refractivity contribution in [1.82, 2.24) is 14.9 Å². The number of carbonyl (C=O) groups is 1. The highest BCUT2D eigenvalue weighted by Gasteiger charge is 2.18. The summed E-state index contributed by atoms with van der Waals surface area (Å²) in [7, 11) is 0. The van der Waals surface area contributed by atoms with E-state index in [1.54, 1.807) is 12.4 Å². The van der Waals surface area contributed by atoms with Gasteiger partial charge in [-0.3, -0.25) is 4.79 Å². The molecule has 1 aromatic carbocycles. The molecule has 2 rings (SSSR count). The maximum Gasteiger partial charge on any atom is 0.221 e. The van der Waals surface area contributed by atoms with E-state index in [1.165, 1.54) is 6.07 Å². The van der Waals surface area contributed by atoms with Gasteiger partial charge in [0, 0.05) is 37.8 Å². The second kappa shape index (κ2) is 8.01. The monoisotopic (exact) mass is 337 g/mol. The first-order chi connectivity index (χ1) is 11.4. The Morgan fingerprint density at radius 2 is 2.00 bits per heavy atom. The molecule has 0 radical (unpaired) electrons. The zero-order valence-electron chi connectivity index (χ0n) is 13.7. The van der Waals surface area contributed by atoms with E-state index >= 15 is 0 Å². The molecule has 2 N–H and O–H groups in total. The summed E-state index contributed by atoms with van der Waals surface area (Å²) in [6, 6.07) is 3.35. The Labute approximate surface area is 139 Å². The number of aliphatic hydroxyl groups excluding tert-OH is 1. The molecule has 130 valence electrons. The number of benzene rings is 1. The predicted molar refractivity (Wildman–Crippen MR) is 85.3 cm³/mol. The van der Waals surface area contributed by atoms with Crippen LogP contribution < -0.4 is 5.32 Å². The first kappa shape index (κ1) is 18.1. The summed E-state index contributed by atoms with van der Waals surface area (Å²) in [6.45, 7) is 4.22. The van der Waals surface area contributed by atoms with Crippen LogP contribution in [-0.4, -0.2) is 27.1 Å². The summed E-state index contributed by atoms with van der Waals surface area (Å²) in [5.74, 6) is -0.854. The van der Waals surface area contributed by atoms with Gasteiger partial charge in [0.25, 0.3) is 0 Å². The SMILES string of the molecule is CC(C)c1nccn1CCC(=O)NCC(O)c1c(F)cccc1F. The van der Waals surface area contributed by atoms with Crippen molar-refractivity contribution < 1.29 is 18.7 Å². The maximum absolute atomic E-state index is 13.6. The highest BCUT2D eigenvalue weighted by atomic mass is 19.1. The molecule has 5 nitrogen and oxygen atoms in total. The normalized spacial score (nSPS) is 12.4. The van der Waals surface area contributed by atoms with Crippen molar-refractivity contribution in [2.45, 2.75) is 38.8 Å². The first-order valence-corrected chi connectivity index (χ1v) is 7.79. The van der Waals surface area contributed by atoms with Crippen LogP contribution in [0, 0.1) is 11.6 Å². The van der Waals surface area contributed by atoms with Gasteiger partial charge in [-0.25, -0.2) is 13.8 Å². The molecule has 0 bridgehead atoms. The molecule has 1 heterocycles. The van der Waals surface area contributed by atoms with Crippen LogP contribution in [0.4, 0.5) is 8.78 Å². The van der Waals surface area contributed by atoms with Crippen molar-refractivity contribution in [3.63, 3.8) is 0 Å². The molecule has 1 unspecified atom stereocenters. The van der Waals surface area contributed by atoms with Crippen LogP contribution in [0.1, 0.15) is 43.7 Å². The number of amides is 1. The fraction of sp³-hybridized carbons (Fsp3) is 0.412. The minimum absolute atomic E-state index is 0.183. The Hall–Kier alpha value is -2.28. The quantitative estimate of drug-likeness (QED) is 0.816. The Morgan fingerprint density at radius 3 is 2.62 bits per heavy atom. The molecular weight excluding hydrogens is 316 g/mol. The number of imidazole rings is 1. The van der Waals surface area contributed by atoms with Crippen molar-refractivity contribution in [3.8, 4) is 0 Å². The van der Waals surface area contributed by atoms with Gasteiger partial charge in [0.2, 0.25) is 5.91 Å². The molecule has 1 atom stereocenters. The summed E-state index contributed by atoms with van der Waals surface area (Å²) in [5.41, 5.74) is -0.436. The summed E-state index contributed by atoms with van der Waals surface area (Å²) in [4.78, 5) is 16.1. The van der Waals surface area contributed by atoms with E-state index in [2.05, 4.69) is 10.3 Å². The van der Waals surface area contributed by atoms with Gasteiger partial charge in [-0.05, 0) is 12.1 Å². The highest BCUT2D eigenvalue weighted by molar-refractivity contribution is 5.75. The van der Waals surface area contributed by atoms with Gasteiger partial charge in [0.1, 0.15) is 23.6 Å². The molecular formula is C17H21F2N3O2. The number of hydrogen-bond acceptors (Lipinski definition) is 3. The molecule has 0 fully saturated rings. The lowest BCUT2D eigenvalue weighted by atomic mass is 10.1. The van der Waals surface area contributed by atoms with E-state index < -0.39 is 23.3 Å². The smallest absolute Gasteiger partial charge is 0.221 e. The van der Waals surface area contributed by atoms with Crippen molar-refractivity contribution >= 4 is 5.91 Å². The fourth-order valence-electron chi connectivity index (χ4n) is 2.46. The molecule has 0 aliphatic carbocycles. The fourth-order valence-corrected chi connectivity index (χ4v) is 2.46. The molecule has 0 saturated carbocycles. The van der Waals surface area contributed by atoms with Crippen molar-refractivity contribution in [1.29, 1.82) is 0 Å². The lowest BCUT2D eigenvalue weighted by Gasteiger charge is -2.14. The van der Waals surface area contributed by atoms with Gasteiger partial charge in [0.15, 0.2) is 0 Å². The standard InChI is InChI=1S/C17H21F2N3O2/c1-11(2)17-20-7-9-22(17)8-6-15(24)21-10-14(23)16-12(18)4-3-5-13(16)19/h3-5,7,9,11,14,23H,6,8,10H2,1-2H3,(H,21,24). The number of carbonyl (C=O) groups excluding carboxylic acids is 1. The second-order valence-electron chi connectivity index (χ2n) is 5.84. The number of rotatable bonds is 7. The number of aryl methyl sites for hydroxylation is 1. The lowest BCUT2D eigenvalue weighted by Crippen LogP contribution is -2.29. The number of halogens is 2. The minimum atomic E-state index is -1.44. The third kappa shape index (κ3) is 4.38. The van der Waals surface area contributed by atoms with E-state index in [0.29, 0.717) is 6.54 Å². The van der Waals surface area contributed by atoms with Crippen LogP contribution >= 0.6 is 0 Å². The van der Waals surface area contributed by atoms with Crippen LogP contribution in [0.3, 0.4) is 0 Å². The van der Waals surface area contributed by atoms with E-state index in [1.807, 2.05) is 18.4 Å². The molecule has 0 spiro atoms. The predicted octanol–water partition coefficient (Wildman–Crippen LogP) is 2.52. The van der Waals surface area contributed by atoms with E-state index in [9.17, 15) is 18.7 Å². The topological polar surface area (TPSA) is 67.2 Å². The number of aliphatic hydroxyl groups is 1. The third-order valence-corrected chi connectivity index (χ3v) is 3.67. The second-order valence-corrected chi connectivity index (χ2v) is 5.84. The number of aromatic nitrogens is 2. The van der Waals surface area contributed by atoms with Gasteiger partial charge < -0.3 is 15.0 Å². The summed E-state index contributed by atoms with van der Waals surface area (Å²) < 4.78 is 29.0. The lowest BCUT2D eigenvalue weighted by molar-refractivity contribution is -0.121. The van der Waals surface area contributed by atoms with Gasteiger partial charge in [-0.2, -0.15) is 0 Å². The Kier molecular flexibility index (Phi) is 6.03. The molecule has 0 aliphatic rings. The molecule has 1 amide bonds. The van der Waals surface area contributed by atoms with Crippen molar-refractivity contribution in [3.05, 3.63) is 53.6 Å². The van der Waals surface area contributed by atoms with Crippen LogP contribution in [0.25, 0.3) is 0 Å². The third-order valence-electron chi connectivity index (χ3n) is 3.67. The average molecular weight is 337 g/mol. The van der Waals surface area contributed by atoms with Crippen LogP contribution in [-0.2, 0) is 11.3 Å². The zero-order valence-corrected chi connectivity index (χ0v) is 13.7. The summed E-state index contributed by atoms with van der Waals surface area (Å²) in [6.07, 6.45) is 2.22. The van der Waals surface area contributed by atoms with E-state index in [-0.39, 0.29) is 24.8 Å². The van der Waals surface area contributed by atoms with Crippen LogP contribution in [0.15, 0.2) is 30.6 Å². The van der Waals surface area contributed by atoms with Crippen molar-refractivity contribution in [2.75, 3.05) is 6.54 Å². The van der Waals surface area contributed by atoms with Gasteiger partial charge in [-0.15, -0.1) is 0 Å². The average Bonchev–Trinajstić information content (AvgIpc) is 2.99. The number of hydrogen-bond donors (Lipinski definition) is 2.